The zero-order valence-corrected chi connectivity index (χ0v) is 15.7. The van der Waals surface area contributed by atoms with Crippen LogP contribution >= 0.6 is 15.9 Å². The van der Waals surface area contributed by atoms with Crippen molar-refractivity contribution in [1.82, 2.24) is 4.90 Å². The Morgan fingerprint density at radius 3 is 2.23 bits per heavy atom. The van der Waals surface area contributed by atoms with E-state index in [1.807, 2.05) is 0 Å². The van der Waals surface area contributed by atoms with Gasteiger partial charge in [0.25, 0.3) is 0 Å². The van der Waals surface area contributed by atoms with Crippen LogP contribution in [0.25, 0.3) is 0 Å². The van der Waals surface area contributed by atoms with Crippen LogP contribution in [0.15, 0.2) is 28.7 Å². The molecular weight excluding hydrogens is 336 g/mol. The number of rotatable bonds is 7. The molecule has 2 N–H and O–H groups in total. The van der Waals surface area contributed by atoms with Gasteiger partial charge in [-0.05, 0) is 49.3 Å². The van der Waals surface area contributed by atoms with Gasteiger partial charge in [0.15, 0.2) is 0 Å². The summed E-state index contributed by atoms with van der Waals surface area (Å²) in [5.41, 5.74) is 7.52. The molecular formula is C19H31BrN2. The second-order valence-electron chi connectivity index (χ2n) is 6.81. The van der Waals surface area contributed by atoms with E-state index in [-0.39, 0.29) is 0 Å². The fourth-order valence-electron chi connectivity index (χ4n) is 3.51. The average molecular weight is 367 g/mol. The van der Waals surface area contributed by atoms with Crippen LogP contribution in [0.3, 0.4) is 0 Å². The van der Waals surface area contributed by atoms with Crippen LogP contribution < -0.4 is 5.73 Å². The van der Waals surface area contributed by atoms with Gasteiger partial charge in [0.05, 0.1) is 0 Å². The SMILES string of the molecule is CCC(CC)CN(Cc1ccc(Br)cc1)C1CCC(N)CC1. The molecule has 1 aromatic rings. The lowest BCUT2D eigenvalue weighted by Crippen LogP contribution is -2.42. The summed E-state index contributed by atoms with van der Waals surface area (Å²) in [5, 5.41) is 0. The molecule has 22 heavy (non-hydrogen) atoms. The molecule has 0 aliphatic heterocycles. The van der Waals surface area contributed by atoms with Crippen LogP contribution in [0.2, 0.25) is 0 Å². The van der Waals surface area contributed by atoms with Crippen molar-refractivity contribution in [3.05, 3.63) is 34.3 Å². The van der Waals surface area contributed by atoms with Crippen molar-refractivity contribution in [2.24, 2.45) is 11.7 Å². The van der Waals surface area contributed by atoms with Crippen LogP contribution in [0.4, 0.5) is 0 Å². The monoisotopic (exact) mass is 366 g/mol. The van der Waals surface area contributed by atoms with Crippen LogP contribution in [0.1, 0.15) is 57.9 Å². The normalized spacial score (nSPS) is 22.5. The second-order valence-corrected chi connectivity index (χ2v) is 7.72. The number of benzene rings is 1. The van der Waals surface area contributed by atoms with Crippen molar-refractivity contribution in [3.63, 3.8) is 0 Å². The zero-order valence-electron chi connectivity index (χ0n) is 14.1. The Hall–Kier alpha value is -0.380. The molecule has 0 atom stereocenters. The standard InChI is InChI=1S/C19H31BrN2/c1-3-15(4-2)13-22(19-11-9-18(21)10-12-19)14-16-5-7-17(20)8-6-16/h5-8,15,18-19H,3-4,9-14,21H2,1-2H3. The van der Waals surface area contributed by atoms with Gasteiger partial charge >= 0.3 is 0 Å². The van der Waals surface area contributed by atoms with Crippen molar-refractivity contribution >= 4 is 15.9 Å². The fourth-order valence-corrected chi connectivity index (χ4v) is 3.78. The Labute approximate surface area is 144 Å². The van der Waals surface area contributed by atoms with Crippen LogP contribution in [-0.2, 0) is 6.54 Å². The van der Waals surface area contributed by atoms with E-state index in [0.717, 1.165) is 16.9 Å². The van der Waals surface area contributed by atoms with Crippen molar-refractivity contribution < 1.29 is 0 Å². The van der Waals surface area contributed by atoms with E-state index in [1.54, 1.807) is 0 Å². The molecule has 0 radical (unpaired) electrons. The number of nitrogens with two attached hydrogens (primary N) is 1. The zero-order chi connectivity index (χ0) is 15.9. The van der Waals surface area contributed by atoms with Crippen LogP contribution in [0, 0.1) is 5.92 Å². The molecule has 0 saturated heterocycles. The summed E-state index contributed by atoms with van der Waals surface area (Å²) in [6, 6.07) is 9.95. The lowest BCUT2D eigenvalue weighted by Gasteiger charge is -2.38. The van der Waals surface area contributed by atoms with E-state index in [9.17, 15) is 0 Å². The molecule has 0 unspecified atom stereocenters. The Balaban J connectivity index is 2.04. The van der Waals surface area contributed by atoms with E-state index in [2.05, 4.69) is 58.9 Å². The largest absolute Gasteiger partial charge is 0.328 e. The lowest BCUT2D eigenvalue weighted by atomic mass is 9.89. The minimum atomic E-state index is 0.430. The number of hydrogen-bond acceptors (Lipinski definition) is 2. The molecule has 0 amide bonds. The molecule has 1 saturated carbocycles. The summed E-state index contributed by atoms with van der Waals surface area (Å²) in [6.45, 7) is 6.94. The predicted molar refractivity (Wildman–Crippen MR) is 98.9 cm³/mol. The average Bonchev–Trinajstić information content (AvgIpc) is 2.54. The summed E-state index contributed by atoms with van der Waals surface area (Å²) in [7, 11) is 0. The van der Waals surface area contributed by atoms with Crippen molar-refractivity contribution in [3.8, 4) is 0 Å². The first-order valence-electron chi connectivity index (χ1n) is 8.86. The van der Waals surface area contributed by atoms with Crippen molar-refractivity contribution in [2.45, 2.75) is 71.0 Å². The molecule has 0 spiro atoms. The number of hydrogen-bond donors (Lipinski definition) is 1. The minimum absolute atomic E-state index is 0.430. The van der Waals surface area contributed by atoms with Gasteiger partial charge in [-0.2, -0.15) is 0 Å². The first-order valence-corrected chi connectivity index (χ1v) is 9.65. The van der Waals surface area contributed by atoms with Gasteiger partial charge in [0, 0.05) is 29.6 Å². The van der Waals surface area contributed by atoms with Gasteiger partial charge in [0.2, 0.25) is 0 Å². The van der Waals surface area contributed by atoms with Gasteiger partial charge in [-0.3, -0.25) is 4.90 Å². The summed E-state index contributed by atoms with van der Waals surface area (Å²) in [5.74, 6) is 0.811. The maximum atomic E-state index is 6.10. The van der Waals surface area contributed by atoms with Crippen molar-refractivity contribution in [1.29, 1.82) is 0 Å². The molecule has 2 rings (SSSR count). The van der Waals surface area contributed by atoms with Gasteiger partial charge < -0.3 is 5.73 Å². The molecule has 3 heteroatoms. The summed E-state index contributed by atoms with van der Waals surface area (Å²) in [4.78, 5) is 2.73. The maximum absolute atomic E-state index is 6.10. The second kappa shape index (κ2) is 9.05. The summed E-state index contributed by atoms with van der Waals surface area (Å²) in [6.07, 6.45) is 7.45. The summed E-state index contributed by atoms with van der Waals surface area (Å²) < 4.78 is 1.16. The molecule has 0 aromatic heterocycles. The van der Waals surface area contributed by atoms with Crippen molar-refractivity contribution in [2.75, 3.05) is 6.54 Å². The Morgan fingerprint density at radius 2 is 1.68 bits per heavy atom. The van der Waals surface area contributed by atoms with Gasteiger partial charge in [-0.15, -0.1) is 0 Å². The van der Waals surface area contributed by atoms with Crippen LogP contribution in [-0.4, -0.2) is 23.5 Å². The van der Waals surface area contributed by atoms with E-state index in [1.165, 1.54) is 50.6 Å². The minimum Gasteiger partial charge on any atom is -0.328 e. The van der Waals surface area contributed by atoms with Crippen LogP contribution in [0.5, 0.6) is 0 Å². The molecule has 2 nitrogen and oxygen atoms in total. The highest BCUT2D eigenvalue weighted by Gasteiger charge is 2.25. The van der Waals surface area contributed by atoms with Gasteiger partial charge in [-0.25, -0.2) is 0 Å². The molecule has 0 bridgehead atoms. The third kappa shape index (κ3) is 5.36. The molecule has 124 valence electrons. The van der Waals surface area contributed by atoms with E-state index < -0.39 is 0 Å². The van der Waals surface area contributed by atoms with E-state index in [4.69, 9.17) is 5.73 Å². The quantitative estimate of drug-likeness (QED) is 0.738. The number of nitrogens with zero attached hydrogens (tertiary/aromatic N) is 1. The third-order valence-electron chi connectivity index (χ3n) is 5.20. The first kappa shape index (κ1) is 18.0. The fraction of sp³-hybridized carbons (Fsp3) is 0.684. The maximum Gasteiger partial charge on any atom is 0.0236 e. The molecule has 0 heterocycles. The van der Waals surface area contributed by atoms with Gasteiger partial charge in [0.1, 0.15) is 0 Å². The first-order chi connectivity index (χ1) is 10.6. The highest BCUT2D eigenvalue weighted by molar-refractivity contribution is 9.10. The van der Waals surface area contributed by atoms with E-state index in [0.29, 0.717) is 12.1 Å². The van der Waals surface area contributed by atoms with E-state index >= 15 is 0 Å². The lowest BCUT2D eigenvalue weighted by molar-refractivity contribution is 0.117. The summed E-state index contributed by atoms with van der Waals surface area (Å²) >= 11 is 3.53. The highest BCUT2D eigenvalue weighted by Crippen LogP contribution is 2.26. The Kier molecular flexibility index (Phi) is 7.39. The molecule has 1 aliphatic rings. The third-order valence-corrected chi connectivity index (χ3v) is 5.73. The highest BCUT2D eigenvalue weighted by atomic mass is 79.9. The molecule has 1 fully saturated rings. The number of halogens is 1. The predicted octanol–water partition coefficient (Wildman–Crippen LogP) is 4.96. The molecule has 1 aromatic carbocycles. The van der Waals surface area contributed by atoms with Gasteiger partial charge in [-0.1, -0.05) is 54.8 Å². The Bertz CT molecular complexity index is 420. The molecule has 1 aliphatic carbocycles. The Morgan fingerprint density at radius 1 is 1.09 bits per heavy atom. The topological polar surface area (TPSA) is 29.3 Å². The smallest absolute Gasteiger partial charge is 0.0236 e.